The van der Waals surface area contributed by atoms with Gasteiger partial charge in [0.25, 0.3) is 0 Å². The Kier molecular flexibility index (Phi) is 3.01. The molecule has 2 aliphatic rings. The van der Waals surface area contributed by atoms with E-state index in [1.807, 2.05) is 0 Å². The lowest BCUT2D eigenvalue weighted by molar-refractivity contribution is -0.146. The van der Waals surface area contributed by atoms with Gasteiger partial charge < -0.3 is 10.5 Å². The van der Waals surface area contributed by atoms with Gasteiger partial charge in [-0.2, -0.15) is 0 Å². The molecule has 0 spiro atoms. The third-order valence-corrected chi connectivity index (χ3v) is 4.07. The summed E-state index contributed by atoms with van der Waals surface area (Å²) in [5.74, 6) is 0.662. The van der Waals surface area contributed by atoms with Crippen molar-refractivity contribution in [3.05, 3.63) is 0 Å². The minimum atomic E-state index is -0.0145. The molecule has 3 nitrogen and oxygen atoms in total. The summed E-state index contributed by atoms with van der Waals surface area (Å²) in [6.45, 7) is 0. The number of methoxy groups -OCH3 is 1. The van der Waals surface area contributed by atoms with Crippen LogP contribution in [0.1, 0.15) is 44.9 Å². The quantitative estimate of drug-likeness (QED) is 0.722. The maximum atomic E-state index is 11.5. The van der Waals surface area contributed by atoms with Gasteiger partial charge in [-0.05, 0) is 44.4 Å². The van der Waals surface area contributed by atoms with Crippen LogP contribution in [0, 0.1) is 11.8 Å². The van der Waals surface area contributed by atoms with E-state index in [1.54, 1.807) is 0 Å². The standard InChI is InChI=1S/C12H21NO2/c1-15-11(14)10-4-2-3-9(10)5-6-12(13)7-8-12/h9-10H,2-8,13H2,1H3/t9?,10-/m0/s1. The lowest BCUT2D eigenvalue weighted by Gasteiger charge is -2.19. The van der Waals surface area contributed by atoms with Gasteiger partial charge in [0.2, 0.25) is 0 Å². The van der Waals surface area contributed by atoms with Crippen molar-refractivity contribution < 1.29 is 9.53 Å². The number of rotatable bonds is 4. The fourth-order valence-corrected chi connectivity index (χ4v) is 2.73. The van der Waals surface area contributed by atoms with Crippen LogP contribution in [0.2, 0.25) is 0 Å². The van der Waals surface area contributed by atoms with Crippen LogP contribution >= 0.6 is 0 Å². The molecule has 0 aliphatic heterocycles. The summed E-state index contributed by atoms with van der Waals surface area (Å²) >= 11 is 0. The maximum Gasteiger partial charge on any atom is 0.308 e. The molecule has 1 unspecified atom stereocenters. The Hall–Kier alpha value is -0.570. The largest absolute Gasteiger partial charge is 0.469 e. The van der Waals surface area contributed by atoms with Gasteiger partial charge in [-0.1, -0.05) is 6.42 Å². The zero-order valence-electron chi connectivity index (χ0n) is 9.50. The zero-order valence-corrected chi connectivity index (χ0v) is 9.50. The number of esters is 1. The summed E-state index contributed by atoms with van der Waals surface area (Å²) in [7, 11) is 1.49. The van der Waals surface area contributed by atoms with Crippen molar-refractivity contribution in [1.29, 1.82) is 0 Å². The minimum absolute atomic E-state index is 0.0145. The highest BCUT2D eigenvalue weighted by atomic mass is 16.5. The van der Waals surface area contributed by atoms with Crippen LogP contribution in [0.4, 0.5) is 0 Å². The van der Waals surface area contributed by atoms with E-state index in [1.165, 1.54) is 32.8 Å². The van der Waals surface area contributed by atoms with Crippen molar-refractivity contribution in [2.75, 3.05) is 7.11 Å². The predicted octanol–water partition coefficient (Wildman–Crippen LogP) is 1.85. The lowest BCUT2D eigenvalue weighted by Crippen LogP contribution is -2.25. The number of hydrogen-bond donors (Lipinski definition) is 1. The molecule has 2 aliphatic carbocycles. The molecule has 3 heteroatoms. The van der Waals surface area contributed by atoms with Crippen LogP contribution < -0.4 is 5.73 Å². The summed E-state index contributed by atoms with van der Waals surface area (Å²) in [5, 5.41) is 0. The molecule has 0 aromatic carbocycles. The van der Waals surface area contributed by atoms with Gasteiger partial charge in [-0.25, -0.2) is 0 Å². The van der Waals surface area contributed by atoms with Crippen LogP contribution in [0.25, 0.3) is 0 Å². The average Bonchev–Trinajstić information content (AvgIpc) is 2.81. The smallest absolute Gasteiger partial charge is 0.308 e. The summed E-state index contributed by atoms with van der Waals surface area (Å²) < 4.78 is 4.84. The monoisotopic (exact) mass is 211 g/mol. The molecule has 0 saturated heterocycles. The predicted molar refractivity (Wildman–Crippen MR) is 58.2 cm³/mol. The Bertz CT molecular complexity index is 248. The molecule has 0 amide bonds. The Morgan fingerprint density at radius 2 is 2.20 bits per heavy atom. The Morgan fingerprint density at radius 1 is 1.47 bits per heavy atom. The van der Waals surface area contributed by atoms with Gasteiger partial charge in [0.05, 0.1) is 13.0 Å². The summed E-state index contributed by atoms with van der Waals surface area (Å²) in [6, 6.07) is 0. The molecule has 0 aromatic rings. The van der Waals surface area contributed by atoms with Crippen LogP contribution in [-0.2, 0) is 9.53 Å². The topological polar surface area (TPSA) is 52.3 Å². The molecular formula is C12H21NO2. The molecule has 86 valence electrons. The number of ether oxygens (including phenoxy) is 1. The highest BCUT2D eigenvalue weighted by Crippen LogP contribution is 2.42. The first-order valence-corrected chi connectivity index (χ1v) is 6.01. The van der Waals surface area contributed by atoms with Gasteiger partial charge in [0.15, 0.2) is 0 Å². The van der Waals surface area contributed by atoms with Crippen LogP contribution in [0.3, 0.4) is 0 Å². The molecule has 2 N–H and O–H groups in total. The second-order valence-corrected chi connectivity index (χ2v) is 5.22. The van der Waals surface area contributed by atoms with Crippen molar-refractivity contribution >= 4 is 5.97 Å². The first-order chi connectivity index (χ1) is 7.14. The molecule has 0 bridgehead atoms. The van der Waals surface area contributed by atoms with E-state index in [0.717, 1.165) is 19.3 Å². The Labute approximate surface area is 91.4 Å². The number of carbonyl (C=O) groups excluding carboxylic acids is 1. The average molecular weight is 211 g/mol. The lowest BCUT2D eigenvalue weighted by atomic mass is 9.89. The highest BCUT2D eigenvalue weighted by Gasteiger charge is 2.40. The van der Waals surface area contributed by atoms with Gasteiger partial charge in [0.1, 0.15) is 0 Å². The van der Waals surface area contributed by atoms with Gasteiger partial charge in [-0.15, -0.1) is 0 Å². The Balaban J connectivity index is 1.82. The molecule has 2 atom stereocenters. The minimum Gasteiger partial charge on any atom is -0.469 e. The molecule has 2 saturated carbocycles. The number of carbonyl (C=O) groups is 1. The van der Waals surface area contributed by atoms with Gasteiger partial charge in [-0.3, -0.25) is 4.79 Å². The van der Waals surface area contributed by atoms with E-state index < -0.39 is 0 Å². The second-order valence-electron chi connectivity index (χ2n) is 5.22. The summed E-state index contributed by atoms with van der Waals surface area (Å²) in [4.78, 5) is 11.5. The third-order valence-electron chi connectivity index (χ3n) is 4.07. The normalized spacial score (nSPS) is 32.7. The van der Waals surface area contributed by atoms with E-state index in [2.05, 4.69) is 0 Å². The first kappa shape index (κ1) is 10.9. The highest BCUT2D eigenvalue weighted by molar-refractivity contribution is 5.72. The molecular weight excluding hydrogens is 190 g/mol. The van der Waals surface area contributed by atoms with Crippen molar-refractivity contribution in [3.63, 3.8) is 0 Å². The van der Waals surface area contributed by atoms with E-state index in [9.17, 15) is 4.79 Å². The Morgan fingerprint density at radius 3 is 2.80 bits per heavy atom. The maximum absolute atomic E-state index is 11.5. The fraction of sp³-hybridized carbons (Fsp3) is 0.917. The van der Waals surface area contributed by atoms with Crippen molar-refractivity contribution in [1.82, 2.24) is 0 Å². The fourth-order valence-electron chi connectivity index (χ4n) is 2.73. The molecule has 0 radical (unpaired) electrons. The molecule has 0 aromatic heterocycles. The van der Waals surface area contributed by atoms with Gasteiger partial charge in [0, 0.05) is 5.54 Å². The summed E-state index contributed by atoms with van der Waals surface area (Å²) in [6.07, 6.45) is 7.89. The van der Waals surface area contributed by atoms with E-state index in [-0.39, 0.29) is 17.4 Å². The van der Waals surface area contributed by atoms with Crippen molar-refractivity contribution in [2.24, 2.45) is 17.6 Å². The molecule has 15 heavy (non-hydrogen) atoms. The van der Waals surface area contributed by atoms with Crippen molar-refractivity contribution in [3.8, 4) is 0 Å². The van der Waals surface area contributed by atoms with Gasteiger partial charge >= 0.3 is 5.97 Å². The van der Waals surface area contributed by atoms with Crippen molar-refractivity contribution in [2.45, 2.75) is 50.5 Å². The number of hydrogen-bond acceptors (Lipinski definition) is 3. The van der Waals surface area contributed by atoms with E-state index in [0.29, 0.717) is 5.92 Å². The number of nitrogens with two attached hydrogens (primary N) is 1. The zero-order chi connectivity index (χ0) is 10.9. The molecule has 2 rings (SSSR count). The van der Waals surface area contributed by atoms with E-state index in [4.69, 9.17) is 10.5 Å². The first-order valence-electron chi connectivity index (χ1n) is 6.01. The third kappa shape index (κ3) is 2.51. The SMILES string of the molecule is COC(=O)[C@H]1CCCC1CCC1(N)CC1. The van der Waals surface area contributed by atoms with E-state index >= 15 is 0 Å². The summed E-state index contributed by atoms with van der Waals surface area (Å²) in [5.41, 5.74) is 6.19. The molecule has 2 fully saturated rings. The van der Waals surface area contributed by atoms with Crippen LogP contribution in [0.5, 0.6) is 0 Å². The second kappa shape index (κ2) is 4.12. The van der Waals surface area contributed by atoms with Crippen LogP contribution in [0.15, 0.2) is 0 Å². The van der Waals surface area contributed by atoms with Crippen LogP contribution in [-0.4, -0.2) is 18.6 Å². The molecule has 0 heterocycles.